The van der Waals surface area contributed by atoms with Crippen molar-refractivity contribution in [1.29, 1.82) is 0 Å². The Morgan fingerprint density at radius 3 is 2.41 bits per heavy atom. The van der Waals surface area contributed by atoms with Gasteiger partial charge in [-0.3, -0.25) is 9.59 Å². The molecule has 1 heterocycles. The average Bonchev–Trinajstić information content (AvgIpc) is 3.26. The Kier molecular flexibility index (Phi) is 6.39. The fourth-order valence-electron chi connectivity index (χ4n) is 2.13. The Bertz CT molecular complexity index is 1050. The van der Waals surface area contributed by atoms with E-state index in [4.69, 9.17) is 20.8 Å². The number of hydrazone groups is 1. The molecule has 0 aliphatic rings. The highest BCUT2D eigenvalue weighted by Gasteiger charge is 2.14. The van der Waals surface area contributed by atoms with E-state index < -0.39 is 17.8 Å². The average molecular weight is 412 g/mol. The smallest absolute Gasteiger partial charge is 0.379 e. The largest absolute Gasteiger partial charge is 0.457 e. The van der Waals surface area contributed by atoms with Gasteiger partial charge in [0.2, 0.25) is 5.76 Å². The number of hydrogen-bond acceptors (Lipinski definition) is 6. The monoisotopic (exact) mass is 411 g/mol. The van der Waals surface area contributed by atoms with Crippen LogP contribution < -0.4 is 15.5 Å². The van der Waals surface area contributed by atoms with Crippen LogP contribution in [0.1, 0.15) is 16.1 Å². The first-order valence-corrected chi connectivity index (χ1v) is 8.65. The molecule has 0 atom stereocenters. The minimum absolute atomic E-state index is 0.0911. The number of carbonyl (C=O) groups excluding carboxylic acids is 3. The molecule has 0 aliphatic heterocycles. The summed E-state index contributed by atoms with van der Waals surface area (Å²) in [5.74, 6) is -2.08. The lowest BCUT2D eigenvalue weighted by molar-refractivity contribution is -0.136. The second-order valence-corrected chi connectivity index (χ2v) is 5.98. The lowest BCUT2D eigenvalue weighted by atomic mass is 10.2. The maximum Gasteiger partial charge on any atom is 0.379 e. The van der Waals surface area contributed by atoms with Gasteiger partial charge in [0.15, 0.2) is 0 Å². The molecule has 0 radical (unpaired) electrons. The highest BCUT2D eigenvalue weighted by atomic mass is 35.5. The lowest BCUT2D eigenvalue weighted by Crippen LogP contribution is -2.32. The normalized spacial score (nSPS) is 10.5. The van der Waals surface area contributed by atoms with Crippen LogP contribution in [-0.4, -0.2) is 24.0 Å². The molecule has 3 aromatic rings. The summed E-state index contributed by atoms with van der Waals surface area (Å²) in [6.07, 6.45) is 2.71. The molecule has 0 saturated heterocycles. The SMILES string of the molecule is O=C(N/N=C/c1ccc(OC(=O)c2ccco2)cc1)C(=O)Nc1ccccc1Cl. The molecular weight excluding hydrogens is 398 g/mol. The van der Waals surface area contributed by atoms with Crippen molar-refractivity contribution in [3.8, 4) is 5.75 Å². The Labute approximate surface area is 170 Å². The van der Waals surface area contributed by atoms with Crippen molar-refractivity contribution in [2.45, 2.75) is 0 Å². The van der Waals surface area contributed by atoms with Crippen LogP contribution in [0.15, 0.2) is 76.4 Å². The van der Waals surface area contributed by atoms with Crippen LogP contribution in [0.4, 0.5) is 5.69 Å². The molecule has 8 nitrogen and oxygen atoms in total. The first-order valence-electron chi connectivity index (χ1n) is 8.27. The molecule has 0 bridgehead atoms. The van der Waals surface area contributed by atoms with Crippen molar-refractivity contribution < 1.29 is 23.5 Å². The lowest BCUT2D eigenvalue weighted by Gasteiger charge is -2.05. The zero-order chi connectivity index (χ0) is 20.6. The predicted octanol–water partition coefficient (Wildman–Crippen LogP) is 3.24. The van der Waals surface area contributed by atoms with Crippen molar-refractivity contribution in [2.75, 3.05) is 5.32 Å². The number of benzene rings is 2. The second kappa shape index (κ2) is 9.34. The first-order chi connectivity index (χ1) is 14.0. The number of esters is 1. The van der Waals surface area contributed by atoms with Crippen LogP contribution in [0.25, 0.3) is 0 Å². The highest BCUT2D eigenvalue weighted by molar-refractivity contribution is 6.41. The molecule has 2 N–H and O–H groups in total. The summed E-state index contributed by atoms with van der Waals surface area (Å²) in [7, 11) is 0. The number of ether oxygens (including phenoxy) is 1. The molecule has 2 aromatic carbocycles. The Balaban J connectivity index is 1.50. The summed E-state index contributed by atoms with van der Waals surface area (Å²) in [4.78, 5) is 35.4. The Morgan fingerprint density at radius 1 is 0.966 bits per heavy atom. The molecule has 0 saturated carbocycles. The van der Waals surface area contributed by atoms with E-state index in [1.165, 1.54) is 18.5 Å². The van der Waals surface area contributed by atoms with Gasteiger partial charge < -0.3 is 14.5 Å². The molecule has 0 fully saturated rings. The topological polar surface area (TPSA) is 110 Å². The van der Waals surface area contributed by atoms with Crippen LogP contribution in [0.3, 0.4) is 0 Å². The van der Waals surface area contributed by atoms with Gasteiger partial charge in [0.05, 0.1) is 23.2 Å². The van der Waals surface area contributed by atoms with E-state index in [0.29, 0.717) is 22.0 Å². The van der Waals surface area contributed by atoms with E-state index in [2.05, 4.69) is 15.8 Å². The van der Waals surface area contributed by atoms with Gasteiger partial charge in [-0.1, -0.05) is 23.7 Å². The summed E-state index contributed by atoms with van der Waals surface area (Å²) in [5.41, 5.74) is 3.04. The Hall–Kier alpha value is -3.91. The van der Waals surface area contributed by atoms with Crippen molar-refractivity contribution in [3.05, 3.63) is 83.3 Å². The summed E-state index contributed by atoms with van der Waals surface area (Å²) in [6.45, 7) is 0. The molecule has 1 aromatic heterocycles. The van der Waals surface area contributed by atoms with Crippen LogP contribution in [-0.2, 0) is 9.59 Å². The molecule has 0 spiro atoms. The van der Waals surface area contributed by atoms with Gasteiger partial charge in [0, 0.05) is 0 Å². The summed E-state index contributed by atoms with van der Waals surface area (Å²) in [6, 6.07) is 15.9. The number of furan rings is 1. The number of amides is 2. The number of nitrogens with zero attached hydrogens (tertiary/aromatic N) is 1. The van der Waals surface area contributed by atoms with Crippen molar-refractivity contribution in [1.82, 2.24) is 5.43 Å². The molecular formula is C20H14ClN3O5. The van der Waals surface area contributed by atoms with E-state index in [1.54, 1.807) is 54.6 Å². The minimum atomic E-state index is -0.954. The molecule has 9 heteroatoms. The number of para-hydroxylation sites is 1. The first kappa shape index (κ1) is 19.8. The number of anilines is 1. The highest BCUT2D eigenvalue weighted by Crippen LogP contribution is 2.20. The predicted molar refractivity (Wildman–Crippen MR) is 106 cm³/mol. The van der Waals surface area contributed by atoms with E-state index >= 15 is 0 Å². The van der Waals surface area contributed by atoms with Crippen LogP contribution in [0.2, 0.25) is 5.02 Å². The maximum atomic E-state index is 11.8. The number of nitrogens with one attached hydrogen (secondary N) is 2. The van der Waals surface area contributed by atoms with Gasteiger partial charge in [0.25, 0.3) is 0 Å². The third-order valence-corrected chi connectivity index (χ3v) is 3.85. The van der Waals surface area contributed by atoms with Gasteiger partial charge in [-0.05, 0) is 54.1 Å². The van der Waals surface area contributed by atoms with Gasteiger partial charge in [0.1, 0.15) is 5.75 Å². The van der Waals surface area contributed by atoms with Crippen molar-refractivity contribution in [2.24, 2.45) is 5.10 Å². The number of rotatable bonds is 5. The number of halogens is 1. The maximum absolute atomic E-state index is 11.8. The fourth-order valence-corrected chi connectivity index (χ4v) is 2.31. The third-order valence-electron chi connectivity index (χ3n) is 3.52. The molecule has 3 rings (SSSR count). The van der Waals surface area contributed by atoms with Gasteiger partial charge in [-0.2, -0.15) is 5.10 Å². The molecule has 29 heavy (non-hydrogen) atoms. The van der Waals surface area contributed by atoms with E-state index in [1.807, 2.05) is 0 Å². The number of hydrogen-bond donors (Lipinski definition) is 2. The zero-order valence-corrected chi connectivity index (χ0v) is 15.6. The zero-order valence-electron chi connectivity index (χ0n) is 14.8. The van der Waals surface area contributed by atoms with Crippen LogP contribution in [0.5, 0.6) is 5.75 Å². The van der Waals surface area contributed by atoms with Gasteiger partial charge >= 0.3 is 17.8 Å². The van der Waals surface area contributed by atoms with Crippen molar-refractivity contribution >= 4 is 41.3 Å². The molecule has 0 aliphatic carbocycles. The Morgan fingerprint density at radius 2 is 1.72 bits per heavy atom. The fraction of sp³-hybridized carbons (Fsp3) is 0. The summed E-state index contributed by atoms with van der Waals surface area (Å²) >= 11 is 5.92. The minimum Gasteiger partial charge on any atom is -0.457 e. The van der Waals surface area contributed by atoms with Crippen LogP contribution in [0, 0.1) is 0 Å². The molecule has 146 valence electrons. The second-order valence-electron chi connectivity index (χ2n) is 5.57. The molecule has 0 unspecified atom stereocenters. The summed E-state index contributed by atoms with van der Waals surface area (Å²) in [5, 5.41) is 6.41. The van der Waals surface area contributed by atoms with E-state index in [-0.39, 0.29) is 5.76 Å². The quantitative estimate of drug-likeness (QED) is 0.220. The van der Waals surface area contributed by atoms with E-state index in [9.17, 15) is 14.4 Å². The molecule has 2 amide bonds. The van der Waals surface area contributed by atoms with E-state index in [0.717, 1.165) is 0 Å². The van der Waals surface area contributed by atoms with Crippen LogP contribution >= 0.6 is 11.6 Å². The van der Waals surface area contributed by atoms with Gasteiger partial charge in [-0.15, -0.1) is 0 Å². The van der Waals surface area contributed by atoms with Gasteiger partial charge in [-0.25, -0.2) is 10.2 Å². The third kappa shape index (κ3) is 5.53. The van der Waals surface area contributed by atoms with Crippen molar-refractivity contribution in [3.63, 3.8) is 0 Å². The summed E-state index contributed by atoms with van der Waals surface area (Å²) < 4.78 is 10.1. The number of carbonyl (C=O) groups is 3. The standard InChI is InChI=1S/C20H14ClN3O5/c21-15-4-1-2-5-16(15)23-18(25)19(26)24-22-12-13-7-9-14(10-8-13)29-20(27)17-6-3-11-28-17/h1-12H,(H,23,25)(H,24,26)/b22-12+.